The Kier molecular flexibility index (Phi) is 6.00. The third kappa shape index (κ3) is 6.72. The van der Waals surface area contributed by atoms with Crippen LogP contribution in [0.25, 0.3) is 0 Å². The molecule has 0 unspecified atom stereocenters. The van der Waals surface area contributed by atoms with Gasteiger partial charge in [-0.15, -0.1) is 0 Å². The van der Waals surface area contributed by atoms with Crippen molar-refractivity contribution in [3.05, 3.63) is 18.3 Å². The van der Waals surface area contributed by atoms with Gasteiger partial charge in [-0.1, -0.05) is 0 Å². The monoisotopic (exact) mass is 339 g/mol. The van der Waals surface area contributed by atoms with Crippen LogP contribution in [0, 0.1) is 0 Å². The van der Waals surface area contributed by atoms with Gasteiger partial charge in [0, 0.05) is 6.07 Å². The van der Waals surface area contributed by atoms with E-state index in [0.717, 1.165) is 5.01 Å². The Balaban J connectivity index is 3.02. The number of amides is 2. The summed E-state index contributed by atoms with van der Waals surface area (Å²) < 4.78 is 15.4. The maximum Gasteiger partial charge on any atom is 0.434 e. The molecule has 1 N–H and O–H groups in total. The molecule has 1 aromatic heterocycles. The van der Waals surface area contributed by atoms with Crippen molar-refractivity contribution in [1.82, 2.24) is 10.4 Å². The first-order valence-corrected chi connectivity index (χ1v) is 7.44. The van der Waals surface area contributed by atoms with Gasteiger partial charge >= 0.3 is 12.2 Å². The number of carbonyl (C=O) groups is 2. The SMILES string of the molecule is COc1ccc(N(NC(=O)OC(C)(C)C)C(=O)OC(C)(C)C)cn1. The number of carbonyl (C=O) groups excluding carboxylic acids is 2. The fourth-order valence-electron chi connectivity index (χ4n) is 1.54. The number of nitrogens with zero attached hydrogens (tertiary/aromatic N) is 2. The van der Waals surface area contributed by atoms with Crippen molar-refractivity contribution in [3.63, 3.8) is 0 Å². The van der Waals surface area contributed by atoms with Gasteiger partial charge in [0.2, 0.25) is 5.88 Å². The Morgan fingerprint density at radius 2 is 1.62 bits per heavy atom. The predicted octanol–water partition coefficient (Wildman–Crippen LogP) is 3.27. The quantitative estimate of drug-likeness (QED) is 0.832. The van der Waals surface area contributed by atoms with E-state index in [0.29, 0.717) is 11.6 Å². The fraction of sp³-hybridized carbons (Fsp3) is 0.562. The molecule has 0 spiro atoms. The molecule has 0 aliphatic rings. The number of aromatic nitrogens is 1. The molecule has 1 aromatic rings. The van der Waals surface area contributed by atoms with Gasteiger partial charge in [0.25, 0.3) is 0 Å². The minimum atomic E-state index is -0.788. The summed E-state index contributed by atoms with van der Waals surface area (Å²) in [5, 5.41) is 0.936. The molecular weight excluding hydrogens is 314 g/mol. The predicted molar refractivity (Wildman–Crippen MR) is 88.9 cm³/mol. The van der Waals surface area contributed by atoms with E-state index in [4.69, 9.17) is 14.2 Å². The average Bonchev–Trinajstić information content (AvgIpc) is 2.41. The number of pyridine rings is 1. The summed E-state index contributed by atoms with van der Waals surface area (Å²) in [7, 11) is 1.48. The fourth-order valence-corrected chi connectivity index (χ4v) is 1.54. The third-order valence-electron chi connectivity index (χ3n) is 2.37. The number of rotatable bonds is 2. The van der Waals surface area contributed by atoms with Gasteiger partial charge < -0.3 is 14.2 Å². The molecule has 134 valence electrons. The molecule has 0 saturated heterocycles. The van der Waals surface area contributed by atoms with Crippen LogP contribution in [0.5, 0.6) is 5.88 Å². The van der Waals surface area contributed by atoms with Crippen molar-refractivity contribution in [1.29, 1.82) is 0 Å². The van der Waals surface area contributed by atoms with E-state index in [1.165, 1.54) is 13.3 Å². The van der Waals surface area contributed by atoms with Crippen molar-refractivity contribution in [2.24, 2.45) is 0 Å². The Morgan fingerprint density at radius 1 is 1.04 bits per heavy atom. The van der Waals surface area contributed by atoms with Crippen LogP contribution in [0.15, 0.2) is 18.3 Å². The van der Waals surface area contributed by atoms with Crippen LogP contribution in [0.1, 0.15) is 41.5 Å². The van der Waals surface area contributed by atoms with Gasteiger partial charge in [0.05, 0.1) is 19.0 Å². The molecule has 0 bridgehead atoms. The first-order chi connectivity index (χ1) is 10.9. The number of hydrogen-bond donors (Lipinski definition) is 1. The van der Waals surface area contributed by atoms with Crippen LogP contribution in [0.3, 0.4) is 0 Å². The highest BCUT2D eigenvalue weighted by Gasteiger charge is 2.27. The molecule has 1 heterocycles. The maximum atomic E-state index is 12.4. The Labute approximate surface area is 142 Å². The highest BCUT2D eigenvalue weighted by atomic mass is 16.6. The topological polar surface area (TPSA) is 90.0 Å². The second-order valence-corrected chi connectivity index (χ2v) is 6.99. The first-order valence-electron chi connectivity index (χ1n) is 7.44. The summed E-state index contributed by atoms with van der Waals surface area (Å²) in [6.45, 7) is 10.3. The van der Waals surface area contributed by atoms with Gasteiger partial charge in [-0.2, -0.15) is 5.01 Å². The number of anilines is 1. The molecule has 0 fully saturated rings. The number of hydrogen-bond acceptors (Lipinski definition) is 6. The van der Waals surface area contributed by atoms with Crippen LogP contribution < -0.4 is 15.2 Å². The largest absolute Gasteiger partial charge is 0.481 e. The van der Waals surface area contributed by atoms with Gasteiger partial charge in [0.1, 0.15) is 11.2 Å². The van der Waals surface area contributed by atoms with Crippen molar-refractivity contribution in [2.75, 3.05) is 12.1 Å². The normalized spacial score (nSPS) is 11.5. The van der Waals surface area contributed by atoms with Crippen LogP contribution >= 0.6 is 0 Å². The van der Waals surface area contributed by atoms with Crippen molar-refractivity contribution in [2.45, 2.75) is 52.7 Å². The second-order valence-electron chi connectivity index (χ2n) is 6.99. The molecule has 8 nitrogen and oxygen atoms in total. The lowest BCUT2D eigenvalue weighted by molar-refractivity contribution is 0.0425. The van der Waals surface area contributed by atoms with Crippen LogP contribution in [0.2, 0.25) is 0 Å². The summed E-state index contributed by atoms with van der Waals surface area (Å²) in [4.78, 5) is 28.4. The first kappa shape index (κ1) is 19.5. The molecule has 2 amide bonds. The zero-order valence-corrected chi connectivity index (χ0v) is 15.2. The Hall–Kier alpha value is -2.51. The lowest BCUT2D eigenvalue weighted by Crippen LogP contribution is -2.50. The van der Waals surface area contributed by atoms with E-state index in [-0.39, 0.29) is 0 Å². The van der Waals surface area contributed by atoms with Crippen molar-refractivity contribution >= 4 is 17.9 Å². The average molecular weight is 339 g/mol. The molecule has 0 radical (unpaired) electrons. The molecule has 0 atom stereocenters. The van der Waals surface area contributed by atoms with E-state index in [9.17, 15) is 9.59 Å². The van der Waals surface area contributed by atoms with Crippen LogP contribution in [-0.2, 0) is 9.47 Å². The van der Waals surface area contributed by atoms with Crippen LogP contribution in [-0.4, -0.2) is 35.5 Å². The molecule has 0 aliphatic heterocycles. The van der Waals surface area contributed by atoms with E-state index in [1.807, 2.05) is 0 Å². The summed E-state index contributed by atoms with van der Waals surface area (Å²) in [5.74, 6) is 0.375. The zero-order valence-electron chi connectivity index (χ0n) is 15.2. The number of nitrogens with one attached hydrogen (secondary N) is 1. The minimum Gasteiger partial charge on any atom is -0.481 e. The summed E-state index contributed by atoms with van der Waals surface area (Å²) in [5.41, 5.74) is 1.23. The summed E-state index contributed by atoms with van der Waals surface area (Å²) >= 11 is 0. The molecule has 0 aliphatic carbocycles. The molecule has 24 heavy (non-hydrogen) atoms. The van der Waals surface area contributed by atoms with Crippen molar-refractivity contribution in [3.8, 4) is 5.88 Å². The van der Waals surface area contributed by atoms with Gasteiger partial charge in [-0.05, 0) is 47.6 Å². The molecule has 0 saturated carbocycles. The zero-order chi connectivity index (χ0) is 18.5. The van der Waals surface area contributed by atoms with Crippen LogP contribution in [0.4, 0.5) is 15.3 Å². The molecular formula is C16H25N3O5. The smallest absolute Gasteiger partial charge is 0.434 e. The van der Waals surface area contributed by atoms with Gasteiger partial charge in [0.15, 0.2) is 0 Å². The second kappa shape index (κ2) is 7.37. The Bertz CT molecular complexity index is 573. The lowest BCUT2D eigenvalue weighted by atomic mass is 10.2. The lowest BCUT2D eigenvalue weighted by Gasteiger charge is -2.28. The highest BCUT2D eigenvalue weighted by molar-refractivity contribution is 5.90. The van der Waals surface area contributed by atoms with E-state index in [1.54, 1.807) is 53.7 Å². The minimum absolute atomic E-state index is 0.302. The van der Waals surface area contributed by atoms with E-state index in [2.05, 4.69) is 10.4 Å². The number of hydrazine groups is 1. The third-order valence-corrected chi connectivity index (χ3v) is 2.37. The summed E-state index contributed by atoms with van der Waals surface area (Å²) in [6.07, 6.45) is -0.176. The Morgan fingerprint density at radius 3 is 2.04 bits per heavy atom. The van der Waals surface area contributed by atoms with Crippen molar-refractivity contribution < 1.29 is 23.8 Å². The standard InChI is InChI=1S/C16H25N3O5/c1-15(2,3)23-13(20)18-19(14(21)24-16(4,5)6)11-8-9-12(22-7)17-10-11/h8-10H,1-7H3,(H,18,20). The van der Waals surface area contributed by atoms with E-state index < -0.39 is 23.4 Å². The number of methoxy groups -OCH3 is 1. The molecule has 8 heteroatoms. The van der Waals surface area contributed by atoms with Gasteiger partial charge in [-0.25, -0.2) is 20.0 Å². The summed E-state index contributed by atoms with van der Waals surface area (Å²) in [6, 6.07) is 3.12. The van der Waals surface area contributed by atoms with Gasteiger partial charge in [-0.3, -0.25) is 0 Å². The molecule has 0 aromatic carbocycles. The maximum absolute atomic E-state index is 12.4. The number of ether oxygens (including phenoxy) is 3. The van der Waals surface area contributed by atoms with E-state index >= 15 is 0 Å². The molecule has 1 rings (SSSR count). The highest BCUT2D eigenvalue weighted by Crippen LogP contribution is 2.18.